The molecular formula is C43H51FN6O5Si. The maximum Gasteiger partial charge on any atom is 0.282 e. The van der Waals surface area contributed by atoms with E-state index in [1.54, 1.807) is 34.8 Å². The van der Waals surface area contributed by atoms with Crippen LogP contribution in [0.15, 0.2) is 70.5 Å². The highest BCUT2D eigenvalue weighted by Crippen LogP contribution is 2.41. The number of nitrogens with one attached hydrogen (secondary N) is 1. The van der Waals surface area contributed by atoms with Crippen molar-refractivity contribution in [3.05, 3.63) is 110 Å². The zero-order valence-corrected chi connectivity index (χ0v) is 34.7. The Labute approximate surface area is 327 Å². The fourth-order valence-electron chi connectivity index (χ4n) is 7.29. The highest BCUT2D eigenvalue weighted by Gasteiger charge is 2.40. The second-order valence-electron chi connectivity index (χ2n) is 17.5. The van der Waals surface area contributed by atoms with Crippen molar-refractivity contribution in [3.63, 3.8) is 0 Å². The molecule has 294 valence electrons. The molecule has 11 nitrogen and oxygen atoms in total. The highest BCUT2D eigenvalue weighted by molar-refractivity contribution is 6.74. The first-order valence-corrected chi connectivity index (χ1v) is 22.1. The third-order valence-corrected chi connectivity index (χ3v) is 16.1. The predicted octanol–water partition coefficient (Wildman–Crippen LogP) is 7.29. The van der Waals surface area contributed by atoms with Gasteiger partial charge in [0.05, 0.1) is 42.2 Å². The number of ether oxygens (including phenoxy) is 1. The molecule has 7 rings (SSSR count). The molecule has 1 aliphatic carbocycles. The second-order valence-corrected chi connectivity index (χ2v) is 22.2. The quantitative estimate of drug-likeness (QED) is 0.179. The maximum absolute atomic E-state index is 15.8. The van der Waals surface area contributed by atoms with E-state index >= 15 is 4.39 Å². The van der Waals surface area contributed by atoms with Crippen molar-refractivity contribution < 1.29 is 18.3 Å². The number of halogens is 1. The maximum atomic E-state index is 15.8. The molecule has 1 fully saturated rings. The normalized spacial score (nSPS) is 16.3. The zero-order chi connectivity index (χ0) is 40.3. The van der Waals surface area contributed by atoms with Crippen LogP contribution in [0.4, 0.5) is 15.9 Å². The predicted molar refractivity (Wildman–Crippen MR) is 220 cm³/mol. The van der Waals surface area contributed by atoms with Gasteiger partial charge in [0.25, 0.3) is 17.0 Å². The summed E-state index contributed by atoms with van der Waals surface area (Å²) in [6.45, 7) is 19.0. The summed E-state index contributed by atoms with van der Waals surface area (Å²) in [5.74, 6) is -0.295. The number of rotatable bonds is 6. The second kappa shape index (κ2) is 14.5. The van der Waals surface area contributed by atoms with Crippen LogP contribution in [0.5, 0.6) is 0 Å². The molecule has 1 amide bonds. The zero-order valence-electron chi connectivity index (χ0n) is 33.7. The molecule has 1 saturated heterocycles. The molecule has 0 bridgehead atoms. The number of hydrogen-bond acceptors (Lipinski definition) is 8. The topological polar surface area (TPSA) is 121 Å². The molecule has 1 aliphatic heterocycles. The van der Waals surface area contributed by atoms with Gasteiger partial charge in [-0.2, -0.15) is 9.78 Å². The van der Waals surface area contributed by atoms with Crippen LogP contribution in [-0.4, -0.2) is 70.9 Å². The molecule has 1 atom stereocenters. The third kappa shape index (κ3) is 7.35. The third-order valence-electron chi connectivity index (χ3n) is 11.6. The van der Waals surface area contributed by atoms with Gasteiger partial charge in [0, 0.05) is 55.8 Å². The lowest BCUT2D eigenvalue weighted by Crippen LogP contribution is -2.45. The van der Waals surface area contributed by atoms with Gasteiger partial charge in [0.15, 0.2) is 8.32 Å². The van der Waals surface area contributed by atoms with Gasteiger partial charge in [-0.05, 0) is 76.6 Å². The van der Waals surface area contributed by atoms with E-state index in [0.717, 1.165) is 27.9 Å². The molecule has 13 heteroatoms. The van der Waals surface area contributed by atoms with Crippen LogP contribution >= 0.6 is 0 Å². The van der Waals surface area contributed by atoms with Crippen molar-refractivity contribution in [2.45, 2.75) is 84.0 Å². The Morgan fingerprint density at radius 2 is 1.68 bits per heavy atom. The lowest BCUT2D eigenvalue weighted by atomic mass is 9.86. The number of aromatic nitrogens is 4. The lowest BCUT2D eigenvalue weighted by Gasteiger charge is -2.39. The van der Waals surface area contributed by atoms with Gasteiger partial charge in [0.1, 0.15) is 17.3 Å². The summed E-state index contributed by atoms with van der Waals surface area (Å²) < 4.78 is 31.2. The molecule has 3 aromatic heterocycles. The number of morpholine rings is 1. The van der Waals surface area contributed by atoms with Gasteiger partial charge >= 0.3 is 0 Å². The van der Waals surface area contributed by atoms with E-state index < -0.39 is 19.7 Å². The summed E-state index contributed by atoms with van der Waals surface area (Å²) in [5, 5.41) is 8.17. The van der Waals surface area contributed by atoms with Crippen molar-refractivity contribution in [2.75, 3.05) is 31.6 Å². The van der Waals surface area contributed by atoms with Crippen molar-refractivity contribution in [1.29, 1.82) is 0 Å². The number of fused-ring (bicyclic) bond motifs is 4. The van der Waals surface area contributed by atoms with E-state index in [2.05, 4.69) is 49.3 Å². The molecule has 2 aromatic carbocycles. The van der Waals surface area contributed by atoms with Crippen LogP contribution in [0.3, 0.4) is 0 Å². The first-order chi connectivity index (χ1) is 26.3. The fraction of sp³-hybridized carbons (Fsp3) is 0.419. The number of carbonyl (C=O) groups is 1. The Balaban J connectivity index is 1.35. The molecule has 5 aromatic rings. The summed E-state index contributed by atoms with van der Waals surface area (Å²) in [5.41, 5.74) is 4.14. The summed E-state index contributed by atoms with van der Waals surface area (Å²) in [6, 6.07) is 14.2. The van der Waals surface area contributed by atoms with E-state index in [1.807, 2.05) is 51.1 Å². The lowest BCUT2D eigenvalue weighted by molar-refractivity contribution is 0.0302. The van der Waals surface area contributed by atoms with Crippen molar-refractivity contribution in [3.8, 4) is 16.8 Å². The van der Waals surface area contributed by atoms with Crippen molar-refractivity contribution >= 4 is 36.5 Å². The van der Waals surface area contributed by atoms with Crippen molar-refractivity contribution in [2.24, 2.45) is 7.05 Å². The number of anilines is 2. The smallest absolute Gasteiger partial charge is 0.282 e. The first-order valence-electron chi connectivity index (χ1n) is 19.2. The number of amides is 1. The summed E-state index contributed by atoms with van der Waals surface area (Å²) >= 11 is 0. The number of benzene rings is 2. The molecule has 0 radical (unpaired) electrons. The Morgan fingerprint density at radius 3 is 2.34 bits per heavy atom. The highest BCUT2D eigenvalue weighted by atomic mass is 28.4. The summed E-state index contributed by atoms with van der Waals surface area (Å²) in [4.78, 5) is 47.5. The average Bonchev–Trinajstić information content (AvgIpc) is 3.29. The molecule has 56 heavy (non-hydrogen) atoms. The number of hydrogen-bond donors (Lipinski definition) is 1. The van der Waals surface area contributed by atoms with Crippen LogP contribution < -0.4 is 16.4 Å². The first kappa shape index (κ1) is 39.3. The Hall–Kier alpha value is -4.98. The monoisotopic (exact) mass is 778 g/mol. The van der Waals surface area contributed by atoms with Crippen LogP contribution in [0, 0.1) is 5.82 Å². The summed E-state index contributed by atoms with van der Waals surface area (Å²) in [7, 11) is -0.565. The van der Waals surface area contributed by atoms with Crippen LogP contribution in [0.25, 0.3) is 27.6 Å². The standard InChI is InChI=1S/C43H51FN6O5Si/c1-42(2,3)28-19-27-25-46-50(41(53)38(27)33(44)20-28)35-12-10-11-30-31(35)21-29(55-56(8,9)43(4,5)6)22-36-32(30)23-34(40(52)48(36)7)47-37-14-13-26(24-45-37)39(51)49-15-17-54-18-16-49/h10-14,19-20,23-25,29H,15-18,21-22H2,1-9H3,(H,45,47). The SMILES string of the molecule is Cn1c2c(cc(Nc3ccc(C(=O)N4CCOCC4)cn3)c1=O)-c1cccc(-n3ncc4cc(C(C)(C)C)cc(F)c4c3=O)c1CC(O[Si](C)(C)C(C)(C)C)C2. The minimum Gasteiger partial charge on any atom is -0.413 e. The van der Waals surface area contributed by atoms with Gasteiger partial charge in [-0.3, -0.25) is 14.4 Å². The van der Waals surface area contributed by atoms with Crippen LogP contribution in [0.2, 0.25) is 18.1 Å². The fourth-order valence-corrected chi connectivity index (χ4v) is 8.65. The van der Waals surface area contributed by atoms with Gasteiger partial charge < -0.3 is 23.9 Å². The Kier molecular flexibility index (Phi) is 10.2. The van der Waals surface area contributed by atoms with E-state index in [-0.39, 0.29) is 33.4 Å². The average molecular weight is 779 g/mol. The number of carbonyl (C=O) groups excluding carboxylic acids is 1. The van der Waals surface area contributed by atoms with Gasteiger partial charge in [-0.15, -0.1) is 0 Å². The Morgan fingerprint density at radius 1 is 0.946 bits per heavy atom. The van der Waals surface area contributed by atoms with Crippen LogP contribution in [-0.2, 0) is 34.5 Å². The van der Waals surface area contributed by atoms with Gasteiger partial charge in [0.2, 0.25) is 0 Å². The van der Waals surface area contributed by atoms with E-state index in [4.69, 9.17) is 9.16 Å². The van der Waals surface area contributed by atoms with E-state index in [9.17, 15) is 14.4 Å². The molecule has 1 unspecified atom stereocenters. The van der Waals surface area contributed by atoms with Crippen molar-refractivity contribution in [1.82, 2.24) is 24.2 Å². The van der Waals surface area contributed by atoms with Gasteiger partial charge in [-0.25, -0.2) is 9.37 Å². The molecular weight excluding hydrogens is 728 g/mol. The number of nitrogens with zero attached hydrogens (tertiary/aromatic N) is 5. The Bertz CT molecular complexity index is 2460. The van der Waals surface area contributed by atoms with Gasteiger partial charge in [-0.1, -0.05) is 53.7 Å². The molecule has 1 N–H and O–H groups in total. The summed E-state index contributed by atoms with van der Waals surface area (Å²) in [6.07, 6.45) is 3.62. The van der Waals surface area contributed by atoms with E-state index in [1.165, 1.54) is 16.9 Å². The van der Waals surface area contributed by atoms with E-state index in [0.29, 0.717) is 67.3 Å². The molecule has 2 aliphatic rings. The largest absolute Gasteiger partial charge is 0.413 e. The molecule has 0 saturated carbocycles. The number of pyridine rings is 2. The van der Waals surface area contributed by atoms with Crippen LogP contribution in [0.1, 0.15) is 68.7 Å². The molecule has 4 heterocycles. The minimum atomic E-state index is -2.32. The molecule has 0 spiro atoms. The minimum absolute atomic E-state index is 0.0206.